The Bertz CT molecular complexity index is 2530. The molecule has 0 spiro atoms. The zero-order valence-corrected chi connectivity index (χ0v) is 35.3. The van der Waals surface area contributed by atoms with Crippen molar-refractivity contribution in [2.75, 3.05) is 0 Å². The van der Waals surface area contributed by atoms with Gasteiger partial charge in [0.1, 0.15) is 0 Å². The lowest BCUT2D eigenvalue weighted by Crippen LogP contribution is -2.57. The topological polar surface area (TPSA) is 0 Å². The molecule has 1 heteroatoms. The molecular formula is C54H57B. The van der Waals surface area contributed by atoms with Gasteiger partial charge in [0.15, 0.2) is 0 Å². The van der Waals surface area contributed by atoms with Crippen molar-refractivity contribution < 1.29 is 0 Å². The first-order valence-corrected chi connectivity index (χ1v) is 20.4. The van der Waals surface area contributed by atoms with Crippen LogP contribution in [0.1, 0.15) is 97.2 Å². The average Bonchev–Trinajstić information content (AvgIpc) is 3.11. The minimum absolute atomic E-state index is 0.0924. The zero-order chi connectivity index (χ0) is 39.1. The van der Waals surface area contributed by atoms with Crippen LogP contribution >= 0.6 is 0 Å². The summed E-state index contributed by atoms with van der Waals surface area (Å²) in [5, 5.41) is 5.60. The van der Waals surface area contributed by atoms with Crippen molar-refractivity contribution in [2.24, 2.45) is 0 Å². The Morgan fingerprint density at radius 3 is 1.35 bits per heavy atom. The summed E-state index contributed by atoms with van der Waals surface area (Å²) in [5.41, 5.74) is 23.8. The van der Waals surface area contributed by atoms with Gasteiger partial charge >= 0.3 is 0 Å². The van der Waals surface area contributed by atoms with Gasteiger partial charge < -0.3 is 0 Å². The second-order valence-electron chi connectivity index (χ2n) is 18.9. The van der Waals surface area contributed by atoms with E-state index in [0.717, 1.165) is 12.8 Å². The standard InChI is InChI=1S/C54H57B/c1-32-27-34(3)51(35(4)28-32)55(52-36(5)29-33(2)30-37(52)6)48-31-47(39-15-21-42(22-16-39)54(10,11)12)45-24-18-40-17-23-43(44-25-26-46(48)50(45)49(40)44)38-13-19-41(20-14-38)53(7,8)9/h13-24,27-31H,25-26H2,1-12H3. The van der Waals surface area contributed by atoms with Gasteiger partial charge in [-0.1, -0.05) is 194 Å². The van der Waals surface area contributed by atoms with Crippen molar-refractivity contribution in [1.29, 1.82) is 0 Å². The van der Waals surface area contributed by atoms with Crippen LogP contribution in [0.2, 0.25) is 0 Å². The first-order valence-electron chi connectivity index (χ1n) is 20.4. The quantitative estimate of drug-likeness (QED) is 0.123. The third kappa shape index (κ3) is 6.44. The summed E-state index contributed by atoms with van der Waals surface area (Å²) >= 11 is 0. The lowest BCUT2D eigenvalue weighted by molar-refractivity contribution is 0.590. The first-order chi connectivity index (χ1) is 26.0. The molecule has 55 heavy (non-hydrogen) atoms. The Kier molecular flexibility index (Phi) is 9.04. The highest BCUT2D eigenvalue weighted by Crippen LogP contribution is 2.43. The Balaban J connectivity index is 1.50. The van der Waals surface area contributed by atoms with E-state index in [2.05, 4.69) is 186 Å². The molecule has 0 bridgehead atoms. The van der Waals surface area contributed by atoms with Crippen LogP contribution in [-0.4, -0.2) is 6.71 Å². The molecular weight excluding hydrogens is 659 g/mol. The Labute approximate surface area is 331 Å². The molecule has 7 aromatic rings. The molecule has 0 N–H and O–H groups in total. The summed E-state index contributed by atoms with van der Waals surface area (Å²) in [5.74, 6) is 0. The maximum atomic E-state index is 2.61. The van der Waals surface area contributed by atoms with E-state index < -0.39 is 0 Å². The maximum Gasteiger partial charge on any atom is 0.242 e. The Hall–Kier alpha value is -4.88. The van der Waals surface area contributed by atoms with Crippen LogP contribution in [0.3, 0.4) is 0 Å². The monoisotopic (exact) mass is 716 g/mol. The highest BCUT2D eigenvalue weighted by molar-refractivity contribution is 6.97. The fourth-order valence-corrected chi connectivity index (χ4v) is 10.1. The Morgan fingerprint density at radius 1 is 0.436 bits per heavy atom. The molecule has 7 aromatic carbocycles. The van der Waals surface area contributed by atoms with E-state index in [1.54, 1.807) is 0 Å². The summed E-state index contributed by atoms with van der Waals surface area (Å²) in [4.78, 5) is 0. The van der Waals surface area contributed by atoms with Gasteiger partial charge in [-0.15, -0.1) is 0 Å². The second kappa shape index (κ2) is 13.4. The predicted molar refractivity (Wildman–Crippen MR) is 243 cm³/mol. The Morgan fingerprint density at radius 2 is 0.873 bits per heavy atom. The van der Waals surface area contributed by atoms with Crippen LogP contribution in [0.25, 0.3) is 43.8 Å². The van der Waals surface area contributed by atoms with E-state index in [1.165, 1.54) is 116 Å². The van der Waals surface area contributed by atoms with Crippen LogP contribution in [-0.2, 0) is 23.7 Å². The molecule has 0 radical (unpaired) electrons. The van der Waals surface area contributed by atoms with E-state index in [1.807, 2.05) is 0 Å². The van der Waals surface area contributed by atoms with Crippen LogP contribution in [0.5, 0.6) is 0 Å². The molecule has 0 atom stereocenters. The average molecular weight is 717 g/mol. The van der Waals surface area contributed by atoms with Gasteiger partial charge in [0, 0.05) is 0 Å². The second-order valence-corrected chi connectivity index (χ2v) is 18.9. The SMILES string of the molecule is Cc1cc(C)c(B(c2cc(-c3ccc(C(C)(C)C)cc3)c3ccc4ccc(-c5ccc(C(C)(C)C)cc5)c5c4c3c2CC5)c2c(C)cc(C)cc2C)c(C)c1. The molecule has 276 valence electrons. The zero-order valence-electron chi connectivity index (χ0n) is 35.3. The van der Waals surface area contributed by atoms with Crippen molar-refractivity contribution in [1.82, 2.24) is 0 Å². The summed E-state index contributed by atoms with van der Waals surface area (Å²) in [6, 6.07) is 40.6. The molecule has 0 aliphatic heterocycles. The van der Waals surface area contributed by atoms with E-state index in [0.29, 0.717) is 0 Å². The van der Waals surface area contributed by atoms with Gasteiger partial charge in [-0.25, -0.2) is 0 Å². The summed E-state index contributed by atoms with van der Waals surface area (Å²) in [6.45, 7) is 27.8. The fraction of sp³-hybridized carbons (Fsp3) is 0.296. The largest absolute Gasteiger partial charge is 0.242 e. The van der Waals surface area contributed by atoms with Crippen LogP contribution in [0, 0.1) is 41.5 Å². The van der Waals surface area contributed by atoms with Gasteiger partial charge in [-0.05, 0) is 131 Å². The molecule has 0 saturated carbocycles. The molecule has 0 saturated heterocycles. The number of benzene rings is 7. The molecule has 0 unspecified atom stereocenters. The van der Waals surface area contributed by atoms with Gasteiger partial charge in [0.25, 0.3) is 0 Å². The lowest BCUT2D eigenvalue weighted by Gasteiger charge is -2.31. The number of rotatable bonds is 5. The molecule has 0 aromatic heterocycles. The van der Waals surface area contributed by atoms with Gasteiger partial charge in [0.2, 0.25) is 6.71 Å². The minimum atomic E-state index is 0.0924. The van der Waals surface area contributed by atoms with Gasteiger partial charge in [-0.3, -0.25) is 0 Å². The van der Waals surface area contributed by atoms with E-state index >= 15 is 0 Å². The third-order valence-electron chi connectivity index (χ3n) is 12.6. The normalized spacial score (nSPS) is 12.9. The number of hydrogen-bond donors (Lipinski definition) is 0. The number of hydrogen-bond acceptors (Lipinski definition) is 0. The van der Waals surface area contributed by atoms with Gasteiger partial charge in [-0.2, -0.15) is 0 Å². The van der Waals surface area contributed by atoms with Crippen molar-refractivity contribution in [3.05, 3.63) is 159 Å². The molecule has 0 nitrogen and oxygen atoms in total. The summed E-state index contributed by atoms with van der Waals surface area (Å²) < 4.78 is 0. The van der Waals surface area contributed by atoms with Crippen molar-refractivity contribution in [3.8, 4) is 22.3 Å². The minimum Gasteiger partial charge on any atom is -0.0642 e. The lowest BCUT2D eigenvalue weighted by atomic mass is 9.33. The fourth-order valence-electron chi connectivity index (χ4n) is 10.1. The molecule has 1 aliphatic carbocycles. The molecule has 0 fully saturated rings. The van der Waals surface area contributed by atoms with Gasteiger partial charge in [0.05, 0.1) is 0 Å². The number of aryl methyl sites for hydroxylation is 8. The summed E-state index contributed by atoms with van der Waals surface area (Å²) in [6.07, 6.45) is 2.04. The van der Waals surface area contributed by atoms with E-state index in [9.17, 15) is 0 Å². The van der Waals surface area contributed by atoms with Crippen LogP contribution < -0.4 is 16.4 Å². The van der Waals surface area contributed by atoms with Crippen molar-refractivity contribution in [2.45, 2.75) is 107 Å². The first kappa shape index (κ1) is 37.1. The smallest absolute Gasteiger partial charge is 0.0642 e. The molecule has 0 amide bonds. The third-order valence-corrected chi connectivity index (χ3v) is 12.6. The van der Waals surface area contributed by atoms with Crippen molar-refractivity contribution >= 4 is 44.6 Å². The van der Waals surface area contributed by atoms with E-state index in [-0.39, 0.29) is 17.5 Å². The highest BCUT2D eigenvalue weighted by Gasteiger charge is 2.34. The molecule has 1 aliphatic rings. The molecule has 8 rings (SSSR count). The predicted octanol–water partition coefficient (Wildman–Crippen LogP) is 12.4. The summed E-state index contributed by atoms with van der Waals surface area (Å²) in [7, 11) is 0. The van der Waals surface area contributed by atoms with Crippen LogP contribution in [0.4, 0.5) is 0 Å². The maximum absolute atomic E-state index is 2.61. The van der Waals surface area contributed by atoms with Crippen LogP contribution in [0.15, 0.2) is 103 Å². The van der Waals surface area contributed by atoms with E-state index in [4.69, 9.17) is 0 Å². The highest BCUT2D eigenvalue weighted by atomic mass is 14.3. The van der Waals surface area contributed by atoms with Crippen molar-refractivity contribution in [3.63, 3.8) is 0 Å². The molecule has 0 heterocycles.